The Morgan fingerprint density at radius 1 is 0.714 bits per heavy atom. The first-order valence-electron chi connectivity index (χ1n) is 13.0. The highest BCUT2D eigenvalue weighted by molar-refractivity contribution is 6.84. The number of carbonyl (C=O) groups excluding carboxylic acids is 2. The Balaban J connectivity index is 3.83. The van der Waals surface area contributed by atoms with Crippen LogP contribution >= 0.6 is 0 Å². The molecular formula is C21H52O8Si6. The second-order valence-electron chi connectivity index (χ2n) is 10.9. The molecule has 208 valence electrons. The van der Waals surface area contributed by atoms with Gasteiger partial charge in [-0.1, -0.05) is 0 Å². The molecule has 0 aliphatic rings. The number of carbonyl (C=O) groups is 2. The summed E-state index contributed by atoms with van der Waals surface area (Å²) in [7, 11) is -8.84. The van der Waals surface area contributed by atoms with Gasteiger partial charge in [-0.2, -0.15) is 0 Å². The maximum absolute atomic E-state index is 12.0. The van der Waals surface area contributed by atoms with Gasteiger partial charge in [0.05, 0.1) is 13.2 Å². The molecule has 0 bridgehead atoms. The van der Waals surface area contributed by atoms with Crippen LogP contribution in [0.4, 0.5) is 0 Å². The van der Waals surface area contributed by atoms with Crippen molar-refractivity contribution < 1.29 is 35.5 Å². The molecule has 14 heteroatoms. The van der Waals surface area contributed by atoms with Crippen molar-refractivity contribution in [2.24, 2.45) is 0 Å². The molecule has 0 fully saturated rings. The molecule has 0 spiro atoms. The van der Waals surface area contributed by atoms with Crippen molar-refractivity contribution in [3.8, 4) is 0 Å². The summed E-state index contributed by atoms with van der Waals surface area (Å²) in [5.41, 5.74) is 0. The Morgan fingerprint density at radius 3 is 1.71 bits per heavy atom. The minimum atomic E-state index is -2.07. The van der Waals surface area contributed by atoms with E-state index in [4.69, 9.17) is 25.9 Å². The summed E-state index contributed by atoms with van der Waals surface area (Å²) >= 11 is 0. The molecule has 0 atom stereocenters. The van der Waals surface area contributed by atoms with Crippen molar-refractivity contribution in [2.75, 3.05) is 13.2 Å². The van der Waals surface area contributed by atoms with Gasteiger partial charge in [-0.15, -0.1) is 0 Å². The van der Waals surface area contributed by atoms with Crippen LogP contribution in [-0.2, 0) is 35.5 Å². The van der Waals surface area contributed by atoms with Gasteiger partial charge in [0.25, 0.3) is 0 Å². The monoisotopic (exact) mass is 600 g/mol. The Bertz CT molecular complexity index is 617. The number of unbranched alkanes of at least 4 members (excludes halogenated alkanes) is 1. The number of hydrogen-bond acceptors (Lipinski definition) is 8. The van der Waals surface area contributed by atoms with Crippen molar-refractivity contribution in [1.82, 2.24) is 0 Å². The van der Waals surface area contributed by atoms with Gasteiger partial charge in [-0.3, -0.25) is 9.59 Å². The van der Waals surface area contributed by atoms with E-state index >= 15 is 0 Å². The third-order valence-corrected chi connectivity index (χ3v) is 23.0. The number of hydrogen-bond donors (Lipinski definition) is 0. The fourth-order valence-electron chi connectivity index (χ4n) is 3.84. The second kappa shape index (κ2) is 17.6. The second-order valence-corrected chi connectivity index (χ2v) is 29.7. The molecule has 0 aromatic heterocycles. The lowest BCUT2D eigenvalue weighted by molar-refractivity contribution is -0.145. The Morgan fingerprint density at radius 2 is 1.20 bits per heavy atom. The van der Waals surface area contributed by atoms with Crippen LogP contribution in [0.3, 0.4) is 0 Å². The van der Waals surface area contributed by atoms with E-state index in [2.05, 4.69) is 65.5 Å². The summed E-state index contributed by atoms with van der Waals surface area (Å²) in [6, 6.07) is 1.74. The van der Waals surface area contributed by atoms with E-state index in [1.807, 2.05) is 0 Å². The summed E-state index contributed by atoms with van der Waals surface area (Å²) in [4.78, 5) is 23.8. The zero-order chi connectivity index (χ0) is 27.1. The molecule has 0 aromatic rings. The summed E-state index contributed by atoms with van der Waals surface area (Å²) in [5, 5.41) is 0. The molecule has 0 amide bonds. The molecule has 0 heterocycles. The van der Waals surface area contributed by atoms with Crippen molar-refractivity contribution in [1.29, 1.82) is 0 Å². The Hall–Kier alpha value is 0.0813. The molecule has 0 unspecified atom stereocenters. The van der Waals surface area contributed by atoms with Crippen molar-refractivity contribution >= 4 is 65.2 Å². The van der Waals surface area contributed by atoms with Crippen LogP contribution < -0.4 is 0 Å². The molecule has 0 saturated heterocycles. The average molecular weight is 601 g/mol. The van der Waals surface area contributed by atoms with Crippen LogP contribution in [-0.4, -0.2) is 78.4 Å². The summed E-state index contributed by atoms with van der Waals surface area (Å²) in [6.45, 7) is 22.3. The molecule has 0 aromatic carbocycles. The zero-order valence-electron chi connectivity index (χ0n) is 24.0. The first-order chi connectivity index (χ1) is 16.0. The molecule has 0 rings (SSSR count). The van der Waals surface area contributed by atoms with Crippen molar-refractivity contribution in [2.45, 2.75) is 110 Å². The summed E-state index contributed by atoms with van der Waals surface area (Å²) in [6.07, 6.45) is 2.72. The fourth-order valence-corrected chi connectivity index (χ4v) is 24.0. The third-order valence-electron chi connectivity index (χ3n) is 4.76. The van der Waals surface area contributed by atoms with Crippen molar-refractivity contribution in [3.05, 3.63) is 0 Å². The van der Waals surface area contributed by atoms with Gasteiger partial charge in [-0.05, 0) is 96.8 Å². The van der Waals surface area contributed by atoms with Crippen LogP contribution in [0.2, 0.25) is 77.6 Å². The minimum absolute atomic E-state index is 0.204. The van der Waals surface area contributed by atoms with Crippen LogP contribution in [0.15, 0.2) is 0 Å². The van der Waals surface area contributed by atoms with Gasteiger partial charge in [0.1, 0.15) is 0 Å². The van der Waals surface area contributed by atoms with E-state index in [0.29, 0.717) is 38.9 Å². The van der Waals surface area contributed by atoms with E-state index in [1.165, 1.54) is 0 Å². The molecule has 35 heavy (non-hydrogen) atoms. The highest BCUT2D eigenvalue weighted by atomic mass is 28.5. The van der Waals surface area contributed by atoms with Gasteiger partial charge < -0.3 is 25.9 Å². The van der Waals surface area contributed by atoms with Gasteiger partial charge in [0, 0.05) is 12.8 Å². The van der Waals surface area contributed by atoms with Crippen LogP contribution in [0.5, 0.6) is 0 Å². The molecule has 0 saturated carbocycles. The lowest BCUT2D eigenvalue weighted by atomic mass is 10.2. The van der Waals surface area contributed by atoms with Gasteiger partial charge in [-0.25, -0.2) is 0 Å². The van der Waals surface area contributed by atoms with E-state index in [1.54, 1.807) is 0 Å². The first-order valence-corrected chi connectivity index (χ1v) is 28.9. The van der Waals surface area contributed by atoms with Crippen LogP contribution in [0, 0.1) is 0 Å². The van der Waals surface area contributed by atoms with E-state index in [9.17, 15) is 9.59 Å². The zero-order valence-corrected chi connectivity index (χ0v) is 30.7. The highest BCUT2D eigenvalue weighted by Gasteiger charge is 2.34. The van der Waals surface area contributed by atoms with Crippen LogP contribution in [0.25, 0.3) is 0 Å². The predicted octanol–water partition coefficient (Wildman–Crippen LogP) is 4.17. The van der Waals surface area contributed by atoms with Gasteiger partial charge in [0.2, 0.25) is 0 Å². The molecular weight excluding hydrogens is 549 g/mol. The molecule has 8 nitrogen and oxygen atoms in total. The Labute approximate surface area is 223 Å². The van der Waals surface area contributed by atoms with Gasteiger partial charge in [0.15, 0.2) is 36.2 Å². The topological polar surface area (TPSA) is 89.5 Å². The number of rotatable bonds is 20. The summed E-state index contributed by atoms with van der Waals surface area (Å²) in [5.74, 6) is -0.415. The molecule has 0 aliphatic heterocycles. The lowest BCUT2D eigenvalue weighted by Crippen LogP contribution is -2.48. The smallest absolute Gasteiger partial charge is 0.310 e. The van der Waals surface area contributed by atoms with E-state index in [-0.39, 0.29) is 11.9 Å². The number of esters is 2. The van der Waals surface area contributed by atoms with Crippen LogP contribution in [0.1, 0.15) is 32.1 Å². The third kappa shape index (κ3) is 21.8. The summed E-state index contributed by atoms with van der Waals surface area (Å²) < 4.78 is 35.1. The van der Waals surface area contributed by atoms with Gasteiger partial charge >= 0.3 is 29.1 Å². The average Bonchev–Trinajstić information content (AvgIpc) is 2.65. The molecule has 0 radical (unpaired) electrons. The maximum atomic E-state index is 12.0. The quantitative estimate of drug-likeness (QED) is 0.117. The first kappa shape index (κ1) is 35.1. The SMILES string of the molecule is C[SiH](C)O[Si](C)(C)O[SiH2]CCOC(=O)CCCCC(=O)OCCC[Si](C)(C)O[Si](C)(C)O[SiH](C)C. The normalized spacial score (nSPS) is 13.3. The maximum Gasteiger partial charge on any atom is 0.310 e. The van der Waals surface area contributed by atoms with Crippen molar-refractivity contribution in [3.63, 3.8) is 0 Å². The van der Waals surface area contributed by atoms with E-state index in [0.717, 1.165) is 18.5 Å². The highest BCUT2D eigenvalue weighted by Crippen LogP contribution is 2.21. The largest absolute Gasteiger partial charge is 0.466 e. The predicted molar refractivity (Wildman–Crippen MR) is 158 cm³/mol. The van der Waals surface area contributed by atoms with E-state index < -0.39 is 53.3 Å². The Kier molecular flexibility index (Phi) is 17.6. The lowest BCUT2D eigenvalue weighted by Gasteiger charge is -2.34. The molecule has 0 N–H and O–H groups in total. The fraction of sp³-hybridized carbons (Fsp3) is 0.905. The standard InChI is InChI=1S/C21H52O8Si6/c1-31(2)27-34(7,8)26-30-18-17-25-21(23)15-12-11-14-20(22)24-16-13-19-33(5,6)29-35(9,10)28-32(3)4/h31-32H,11-19,30H2,1-10H3. The number of ether oxygens (including phenoxy) is 2. The molecule has 0 aliphatic carbocycles. The minimum Gasteiger partial charge on any atom is -0.466 e.